The summed E-state index contributed by atoms with van der Waals surface area (Å²) in [6, 6.07) is 5.48. The number of aromatic hydroxyl groups is 1. The average molecular weight is 756 g/mol. The van der Waals surface area contributed by atoms with Crippen molar-refractivity contribution in [1.82, 2.24) is 29.5 Å². The molecule has 0 spiro atoms. The van der Waals surface area contributed by atoms with Crippen LogP contribution in [-0.2, 0) is 11.8 Å². The van der Waals surface area contributed by atoms with E-state index in [0.29, 0.717) is 41.0 Å². The first kappa shape index (κ1) is 35.7. The van der Waals surface area contributed by atoms with Crippen LogP contribution in [0.4, 0.5) is 23.4 Å². The van der Waals surface area contributed by atoms with Crippen molar-refractivity contribution in [3.05, 3.63) is 59.3 Å². The van der Waals surface area contributed by atoms with Crippen LogP contribution in [0.1, 0.15) is 31.7 Å². The molecule has 1 N–H and O–H groups in total. The normalized spacial score (nSPS) is 23.5. The number of aryl methyl sites for hydroxylation is 1. The number of hydrogen-bond donors (Lipinski definition) is 1. The molecule has 3 aromatic carbocycles. The summed E-state index contributed by atoms with van der Waals surface area (Å²) in [4.78, 5) is 16.4. The molecule has 0 amide bonds. The largest absolute Gasteiger partial charge is 0.508 e. The first-order valence-electron chi connectivity index (χ1n) is 18.7. The molecule has 3 atom stereocenters. The van der Waals surface area contributed by atoms with Gasteiger partial charge in [0, 0.05) is 91.3 Å². The second kappa shape index (κ2) is 13.4. The average Bonchev–Trinajstić information content (AvgIpc) is 3.63. The molecule has 9 rings (SSSR count). The minimum atomic E-state index is -1.72. The van der Waals surface area contributed by atoms with E-state index in [1.807, 2.05) is 11.9 Å². The van der Waals surface area contributed by atoms with Crippen LogP contribution in [-0.4, -0.2) is 106 Å². The fourth-order valence-electron chi connectivity index (χ4n) is 9.47. The fraction of sp³-hybridized carbons (Fsp3) is 0.439. The van der Waals surface area contributed by atoms with Crippen molar-refractivity contribution in [2.75, 3.05) is 64.5 Å². The Morgan fingerprint density at radius 3 is 2.53 bits per heavy atom. The second-order valence-corrected chi connectivity index (χ2v) is 16.0. The number of fused-ring (bicyclic) bond motifs is 6. The minimum absolute atomic E-state index is 0.0236. The van der Waals surface area contributed by atoms with Crippen LogP contribution in [0.25, 0.3) is 43.7 Å². The Morgan fingerprint density at radius 2 is 1.84 bits per heavy atom. The highest BCUT2D eigenvalue weighted by Gasteiger charge is 2.44. The molecular formula is C41H41F4N7O3. The van der Waals surface area contributed by atoms with Gasteiger partial charge in [-0.05, 0) is 55.5 Å². The van der Waals surface area contributed by atoms with Gasteiger partial charge in [0.05, 0.1) is 24.2 Å². The number of anilines is 1. The molecule has 0 saturated carbocycles. The number of piperidine rings is 1. The van der Waals surface area contributed by atoms with Crippen LogP contribution in [0, 0.1) is 35.3 Å². The number of piperazine rings is 1. The zero-order chi connectivity index (χ0) is 38.3. The minimum Gasteiger partial charge on any atom is -0.508 e. The third kappa shape index (κ3) is 5.95. The van der Waals surface area contributed by atoms with Gasteiger partial charge in [-0.2, -0.15) is 23.8 Å². The smallest absolute Gasteiger partial charge is 0.319 e. The van der Waals surface area contributed by atoms with E-state index in [1.54, 1.807) is 24.9 Å². The Hall–Kier alpha value is -4.97. The number of nitrogens with zero attached hydrogens (tertiary/aromatic N) is 7. The molecule has 0 radical (unpaired) electrons. The predicted octanol–water partition coefficient (Wildman–Crippen LogP) is 6.47. The van der Waals surface area contributed by atoms with Crippen molar-refractivity contribution in [2.45, 2.75) is 38.3 Å². The van der Waals surface area contributed by atoms with Gasteiger partial charge in [-0.15, -0.1) is 6.42 Å². The van der Waals surface area contributed by atoms with Gasteiger partial charge < -0.3 is 24.4 Å². The number of phenolic OH excluding ortho intramolecular Hbond substituents is 1. The summed E-state index contributed by atoms with van der Waals surface area (Å²) in [5.41, 5.74) is -0.801. The number of rotatable bonds is 7. The monoisotopic (exact) mass is 755 g/mol. The van der Waals surface area contributed by atoms with Crippen LogP contribution < -0.4 is 9.64 Å². The molecule has 4 aliphatic heterocycles. The number of phenols is 1. The molecule has 6 heterocycles. The van der Waals surface area contributed by atoms with Crippen LogP contribution in [0.2, 0.25) is 0 Å². The Balaban J connectivity index is 1.26. The third-order valence-corrected chi connectivity index (χ3v) is 12.0. The second-order valence-electron chi connectivity index (χ2n) is 16.0. The molecule has 2 aromatic heterocycles. The van der Waals surface area contributed by atoms with Crippen LogP contribution in [0.3, 0.4) is 0 Å². The van der Waals surface area contributed by atoms with Crippen molar-refractivity contribution >= 4 is 38.4 Å². The highest BCUT2D eigenvalue weighted by molar-refractivity contribution is 6.18. The lowest BCUT2D eigenvalue weighted by molar-refractivity contribution is -0.0484. The summed E-state index contributed by atoms with van der Waals surface area (Å²) in [5, 5.41) is 17.2. The van der Waals surface area contributed by atoms with E-state index in [2.05, 4.69) is 15.7 Å². The molecule has 4 aliphatic rings. The summed E-state index contributed by atoms with van der Waals surface area (Å²) in [6.07, 6.45) is 7.88. The van der Waals surface area contributed by atoms with E-state index < -0.39 is 23.1 Å². The summed E-state index contributed by atoms with van der Waals surface area (Å²) in [5.74, 6) is 1.77. The SMILES string of the molecule is C#Cc1c(F)ccc2cc(O)cc(-c3c(F)c4nc(OC[C@]5(C)CN(C)CCC5=C(F)F)nc(N5[C@@H]6CC[C@H]5CN(CC5COC5)C6)c4c4cn(C)nc34)c12. The number of halogens is 4. The molecule has 5 aromatic rings. The summed E-state index contributed by atoms with van der Waals surface area (Å²) in [6.45, 7) is 6.42. The first-order valence-corrected chi connectivity index (χ1v) is 18.7. The lowest BCUT2D eigenvalue weighted by Gasteiger charge is -2.44. The Labute approximate surface area is 315 Å². The van der Waals surface area contributed by atoms with E-state index in [-0.39, 0.29) is 75.6 Å². The zero-order valence-corrected chi connectivity index (χ0v) is 30.9. The predicted molar refractivity (Wildman–Crippen MR) is 201 cm³/mol. The number of aromatic nitrogens is 4. The maximum Gasteiger partial charge on any atom is 0.319 e. The van der Waals surface area contributed by atoms with Gasteiger partial charge in [-0.25, -0.2) is 8.78 Å². The number of hydrogen-bond acceptors (Lipinski definition) is 9. The van der Waals surface area contributed by atoms with Crippen LogP contribution in [0.5, 0.6) is 11.8 Å². The van der Waals surface area contributed by atoms with E-state index >= 15 is 8.78 Å². The molecule has 55 heavy (non-hydrogen) atoms. The third-order valence-electron chi connectivity index (χ3n) is 12.0. The fourth-order valence-corrected chi connectivity index (χ4v) is 9.47. The molecule has 10 nitrogen and oxygen atoms in total. The van der Waals surface area contributed by atoms with Gasteiger partial charge in [0.1, 0.15) is 35.0 Å². The molecule has 286 valence electrons. The number of likely N-dealkylation sites (tertiary alicyclic amines) is 2. The molecular weight excluding hydrogens is 714 g/mol. The number of ether oxygens (including phenoxy) is 2. The Bertz CT molecular complexity index is 2440. The maximum atomic E-state index is 17.8. The molecule has 2 bridgehead atoms. The molecule has 0 unspecified atom stereocenters. The van der Waals surface area contributed by atoms with Gasteiger partial charge in [0.2, 0.25) is 0 Å². The summed E-state index contributed by atoms with van der Waals surface area (Å²) < 4.78 is 74.9. The Morgan fingerprint density at radius 1 is 1.07 bits per heavy atom. The van der Waals surface area contributed by atoms with Crippen molar-refractivity contribution < 1.29 is 32.1 Å². The topological polar surface area (TPSA) is 92.0 Å². The van der Waals surface area contributed by atoms with Crippen molar-refractivity contribution in [3.8, 4) is 35.2 Å². The van der Waals surface area contributed by atoms with Gasteiger partial charge >= 0.3 is 6.01 Å². The van der Waals surface area contributed by atoms with Gasteiger partial charge in [0.25, 0.3) is 6.08 Å². The van der Waals surface area contributed by atoms with E-state index in [9.17, 15) is 13.9 Å². The summed E-state index contributed by atoms with van der Waals surface area (Å²) in [7, 11) is 3.60. The van der Waals surface area contributed by atoms with Crippen molar-refractivity contribution in [3.63, 3.8) is 0 Å². The van der Waals surface area contributed by atoms with E-state index in [0.717, 1.165) is 45.7 Å². The van der Waals surface area contributed by atoms with Crippen LogP contribution in [0.15, 0.2) is 42.1 Å². The van der Waals surface area contributed by atoms with E-state index in [1.165, 1.54) is 24.3 Å². The first-order chi connectivity index (χ1) is 26.4. The highest BCUT2D eigenvalue weighted by Crippen LogP contribution is 2.47. The van der Waals surface area contributed by atoms with Gasteiger partial charge in [-0.3, -0.25) is 9.58 Å². The molecule has 14 heteroatoms. The molecule has 4 fully saturated rings. The van der Waals surface area contributed by atoms with Gasteiger partial charge in [0.15, 0.2) is 5.82 Å². The van der Waals surface area contributed by atoms with Crippen molar-refractivity contribution in [1.29, 1.82) is 0 Å². The van der Waals surface area contributed by atoms with E-state index in [4.69, 9.17) is 31.0 Å². The lowest BCUT2D eigenvalue weighted by atomic mass is 9.78. The number of terminal acetylenes is 1. The number of benzene rings is 3. The molecule has 4 saturated heterocycles. The lowest BCUT2D eigenvalue weighted by Crippen LogP contribution is -2.56. The Kier molecular flexibility index (Phi) is 8.67. The standard InChI is InChI=1S/C41H41F4N7O3/c1-5-27-31(42)9-6-23-12-26(53)13-28(32(23)27)33-35(43)37-34(29-17-50(4)48-36(29)33)39(52-24-7-8-25(52)16-51(15-24)14-22-18-54-19-22)47-40(46-37)55-21-41(2)20-49(3)11-10-30(41)38(44)45/h1,6,9,12-13,17,22,24-25,53H,7-8,10-11,14-16,18-21H2,2-4H3/t24-,25+,41-/m0/s1. The van der Waals surface area contributed by atoms with Crippen LogP contribution >= 0.6 is 0 Å². The maximum absolute atomic E-state index is 17.8. The van der Waals surface area contributed by atoms with Crippen molar-refractivity contribution in [2.24, 2.45) is 18.4 Å². The molecule has 0 aliphatic carbocycles. The quantitative estimate of drug-likeness (QED) is 0.148. The highest BCUT2D eigenvalue weighted by atomic mass is 19.3. The van der Waals surface area contributed by atoms with Gasteiger partial charge in [-0.1, -0.05) is 18.9 Å². The zero-order valence-electron chi connectivity index (χ0n) is 30.9. The summed E-state index contributed by atoms with van der Waals surface area (Å²) >= 11 is 0.